The number of aryl methyl sites for hydroxylation is 1. The first-order valence-electron chi connectivity index (χ1n) is 19.3. The summed E-state index contributed by atoms with van der Waals surface area (Å²) >= 11 is 0. The van der Waals surface area contributed by atoms with E-state index in [0.29, 0.717) is 43.9 Å². The van der Waals surface area contributed by atoms with Crippen molar-refractivity contribution in [3.8, 4) is 17.2 Å². The molecule has 2 aromatic carbocycles. The van der Waals surface area contributed by atoms with E-state index in [2.05, 4.69) is 4.90 Å². The third kappa shape index (κ3) is 11.1. The molecule has 3 fully saturated rings. The van der Waals surface area contributed by atoms with Crippen LogP contribution in [0.4, 0.5) is 0 Å². The van der Waals surface area contributed by atoms with Crippen LogP contribution in [0.15, 0.2) is 42.5 Å². The zero-order chi connectivity index (χ0) is 36.7. The quantitative estimate of drug-likeness (QED) is 0.130. The number of likely N-dealkylation sites (tertiary alicyclic amines) is 1. The molecule has 52 heavy (non-hydrogen) atoms. The van der Waals surface area contributed by atoms with Crippen LogP contribution in [0.3, 0.4) is 0 Å². The van der Waals surface area contributed by atoms with E-state index in [1.807, 2.05) is 49.4 Å². The van der Waals surface area contributed by atoms with Crippen molar-refractivity contribution in [3.63, 3.8) is 0 Å². The van der Waals surface area contributed by atoms with Gasteiger partial charge in [0.05, 0.1) is 39.5 Å². The monoisotopic (exact) mass is 724 g/mol. The van der Waals surface area contributed by atoms with Crippen LogP contribution in [0.5, 0.6) is 17.2 Å². The van der Waals surface area contributed by atoms with E-state index in [1.165, 1.54) is 6.42 Å². The molecule has 0 aromatic heterocycles. The minimum absolute atomic E-state index is 0.00491. The molecule has 288 valence electrons. The molecule has 2 heterocycles. The zero-order valence-corrected chi connectivity index (χ0v) is 31.7. The van der Waals surface area contributed by atoms with Crippen LogP contribution in [0.1, 0.15) is 81.9 Å². The molecule has 5 rings (SSSR count). The van der Waals surface area contributed by atoms with Crippen molar-refractivity contribution in [1.82, 2.24) is 9.80 Å². The van der Waals surface area contributed by atoms with E-state index in [1.54, 1.807) is 26.2 Å². The van der Waals surface area contributed by atoms with Gasteiger partial charge in [-0.3, -0.25) is 9.69 Å². The fourth-order valence-electron chi connectivity index (χ4n) is 7.96. The fourth-order valence-corrected chi connectivity index (χ4v) is 7.96. The Bertz CT molecular complexity index is 1390. The summed E-state index contributed by atoms with van der Waals surface area (Å²) < 4.78 is 40.3. The van der Waals surface area contributed by atoms with Crippen molar-refractivity contribution in [2.45, 2.75) is 89.4 Å². The molecule has 2 saturated heterocycles. The Hall–Kier alpha value is -3.38. The van der Waals surface area contributed by atoms with Gasteiger partial charge in [-0.05, 0) is 93.2 Å². The smallest absolute Gasteiger partial charge is 0.329 e. The maximum Gasteiger partial charge on any atom is 0.329 e. The molecular formula is C41H60N2O9. The molecule has 0 spiro atoms. The highest BCUT2D eigenvalue weighted by molar-refractivity contribution is 5.86. The van der Waals surface area contributed by atoms with E-state index < -0.39 is 12.1 Å². The molecule has 0 radical (unpaired) electrons. The van der Waals surface area contributed by atoms with Crippen LogP contribution in [0.2, 0.25) is 0 Å². The topological polar surface area (TPSA) is 105 Å². The Balaban J connectivity index is 1.34. The molecule has 1 saturated carbocycles. The number of piperidine rings is 1. The highest BCUT2D eigenvalue weighted by atomic mass is 16.7. The molecule has 4 atom stereocenters. The Morgan fingerprint density at radius 1 is 0.885 bits per heavy atom. The lowest BCUT2D eigenvalue weighted by Crippen LogP contribution is -2.54. The number of benzene rings is 2. The molecule has 3 aliphatic rings. The Kier molecular flexibility index (Phi) is 15.9. The number of hydrogen-bond donors (Lipinski definition) is 0. The van der Waals surface area contributed by atoms with Crippen molar-refractivity contribution in [2.24, 2.45) is 11.8 Å². The van der Waals surface area contributed by atoms with Crippen LogP contribution < -0.4 is 14.2 Å². The number of carbonyl (C=O) groups is 2. The molecule has 0 N–H and O–H groups in total. The SMILES string of the molecule is COCO[C@H](C)[C@@H](C(=O)N1CCCC[C@H]1C(=O)O[C@H](CCc1ccc(OC)c(OC)c1)c1cccc(OCCN2CCOCC2)c1)C1CCCCC1. The predicted molar refractivity (Wildman–Crippen MR) is 198 cm³/mol. The third-order valence-corrected chi connectivity index (χ3v) is 10.9. The van der Waals surface area contributed by atoms with Gasteiger partial charge in [-0.15, -0.1) is 0 Å². The number of esters is 1. The molecule has 2 aromatic rings. The summed E-state index contributed by atoms with van der Waals surface area (Å²) in [6.45, 7) is 7.28. The number of methoxy groups -OCH3 is 3. The van der Waals surface area contributed by atoms with Crippen molar-refractivity contribution >= 4 is 11.9 Å². The van der Waals surface area contributed by atoms with Crippen molar-refractivity contribution < 1.29 is 42.7 Å². The molecule has 2 aliphatic heterocycles. The van der Waals surface area contributed by atoms with Crippen molar-refractivity contribution in [1.29, 1.82) is 0 Å². The van der Waals surface area contributed by atoms with Crippen LogP contribution in [0.25, 0.3) is 0 Å². The average Bonchev–Trinajstić information content (AvgIpc) is 3.19. The number of rotatable bonds is 18. The molecule has 11 heteroatoms. The Labute approximate surface area is 310 Å². The van der Waals surface area contributed by atoms with Gasteiger partial charge in [-0.2, -0.15) is 0 Å². The number of nitrogens with zero attached hydrogens (tertiary/aromatic N) is 2. The summed E-state index contributed by atoms with van der Waals surface area (Å²) in [7, 11) is 4.83. The van der Waals surface area contributed by atoms with Gasteiger partial charge in [-0.1, -0.05) is 37.5 Å². The van der Waals surface area contributed by atoms with Crippen LogP contribution in [0, 0.1) is 11.8 Å². The average molecular weight is 725 g/mol. The van der Waals surface area contributed by atoms with Gasteiger partial charge in [0.2, 0.25) is 5.91 Å². The minimum atomic E-state index is -0.654. The summed E-state index contributed by atoms with van der Waals surface area (Å²) in [5.74, 6) is 1.55. The Morgan fingerprint density at radius 3 is 2.40 bits per heavy atom. The predicted octanol–water partition coefficient (Wildman–Crippen LogP) is 6.22. The number of hydrogen-bond acceptors (Lipinski definition) is 10. The second kappa shape index (κ2) is 20.8. The summed E-state index contributed by atoms with van der Waals surface area (Å²) in [5.41, 5.74) is 1.89. The number of amides is 1. The standard InChI is InChI=1S/C41H60N2O9/c1-30(51-29-46-2)39(32-11-6-5-7-12-32)40(44)43-20-9-8-15-35(43)41(45)52-36(18-16-31-17-19-37(47-3)38(27-31)48-4)33-13-10-14-34(28-33)50-26-23-42-21-24-49-25-22-42/h10,13-14,17,19,27-28,30,32,35-36,39H,5-9,11-12,15-16,18,20-26,29H2,1-4H3/t30-,35+,36-,39-/m1/s1. The lowest BCUT2D eigenvalue weighted by molar-refractivity contribution is -0.168. The molecule has 11 nitrogen and oxygen atoms in total. The lowest BCUT2D eigenvalue weighted by Gasteiger charge is -2.41. The lowest BCUT2D eigenvalue weighted by atomic mass is 9.76. The number of carbonyl (C=O) groups excluding carboxylic acids is 2. The van der Waals surface area contributed by atoms with Gasteiger partial charge in [0.15, 0.2) is 11.5 Å². The van der Waals surface area contributed by atoms with Gasteiger partial charge in [0.1, 0.15) is 31.3 Å². The number of ether oxygens (including phenoxy) is 7. The maximum atomic E-state index is 14.5. The minimum Gasteiger partial charge on any atom is -0.493 e. The first-order valence-corrected chi connectivity index (χ1v) is 19.3. The van der Waals surface area contributed by atoms with E-state index in [9.17, 15) is 9.59 Å². The van der Waals surface area contributed by atoms with Gasteiger partial charge in [-0.25, -0.2) is 4.79 Å². The first-order chi connectivity index (χ1) is 25.4. The number of morpholine rings is 1. The van der Waals surface area contributed by atoms with Gasteiger partial charge in [0, 0.05) is 33.3 Å². The van der Waals surface area contributed by atoms with Crippen LogP contribution in [-0.2, 0) is 35.0 Å². The van der Waals surface area contributed by atoms with E-state index in [4.69, 9.17) is 33.2 Å². The summed E-state index contributed by atoms with van der Waals surface area (Å²) in [4.78, 5) is 33.0. The summed E-state index contributed by atoms with van der Waals surface area (Å²) in [6.07, 6.45) is 7.95. The van der Waals surface area contributed by atoms with Crippen LogP contribution in [-0.4, -0.2) is 108 Å². The van der Waals surface area contributed by atoms with E-state index >= 15 is 0 Å². The van der Waals surface area contributed by atoms with Crippen molar-refractivity contribution in [3.05, 3.63) is 53.6 Å². The summed E-state index contributed by atoms with van der Waals surface area (Å²) in [6, 6.07) is 13.1. The van der Waals surface area contributed by atoms with E-state index in [-0.39, 0.29) is 36.6 Å². The zero-order valence-electron chi connectivity index (χ0n) is 31.7. The molecule has 1 amide bonds. The van der Waals surface area contributed by atoms with E-state index in [0.717, 1.165) is 88.2 Å². The first kappa shape index (κ1) is 39.8. The second-order valence-electron chi connectivity index (χ2n) is 14.3. The maximum absolute atomic E-state index is 14.5. The molecule has 0 bridgehead atoms. The van der Waals surface area contributed by atoms with Crippen LogP contribution >= 0.6 is 0 Å². The largest absolute Gasteiger partial charge is 0.493 e. The highest BCUT2D eigenvalue weighted by Gasteiger charge is 2.42. The Morgan fingerprint density at radius 2 is 1.65 bits per heavy atom. The van der Waals surface area contributed by atoms with Gasteiger partial charge >= 0.3 is 5.97 Å². The molecule has 0 unspecified atom stereocenters. The normalized spacial score (nSPS) is 20.5. The highest BCUT2D eigenvalue weighted by Crippen LogP contribution is 2.37. The molecular weight excluding hydrogens is 664 g/mol. The van der Waals surface area contributed by atoms with Crippen molar-refractivity contribution in [2.75, 3.05) is 74.1 Å². The van der Waals surface area contributed by atoms with Gasteiger partial charge in [0.25, 0.3) is 0 Å². The second-order valence-corrected chi connectivity index (χ2v) is 14.3. The van der Waals surface area contributed by atoms with Gasteiger partial charge < -0.3 is 38.1 Å². The fraction of sp³-hybridized carbons (Fsp3) is 0.659. The summed E-state index contributed by atoms with van der Waals surface area (Å²) in [5, 5.41) is 0. The molecule has 1 aliphatic carbocycles. The third-order valence-electron chi connectivity index (χ3n) is 10.9.